The van der Waals surface area contributed by atoms with E-state index < -0.39 is 17.9 Å². The lowest BCUT2D eigenvalue weighted by atomic mass is 9.79. The summed E-state index contributed by atoms with van der Waals surface area (Å²) in [4.78, 5) is 10.5. The molecular formula is C11H22O4. The van der Waals surface area contributed by atoms with Gasteiger partial charge in [-0.3, -0.25) is 4.79 Å². The first-order valence-electron chi connectivity index (χ1n) is 5.05. The molecule has 1 N–H and O–H groups in total. The van der Waals surface area contributed by atoms with Crippen LogP contribution in [0, 0.1) is 5.41 Å². The van der Waals surface area contributed by atoms with E-state index in [9.17, 15) is 9.90 Å². The van der Waals surface area contributed by atoms with Crippen LogP contribution in [0.15, 0.2) is 0 Å². The Hall–Kier alpha value is -0.610. The Morgan fingerprint density at radius 3 is 2.07 bits per heavy atom. The zero-order chi connectivity index (χ0) is 12.3. The number of carbonyl (C=O) groups is 1. The zero-order valence-corrected chi connectivity index (χ0v) is 10.5. The third-order valence-corrected chi connectivity index (χ3v) is 2.67. The van der Waals surface area contributed by atoms with Gasteiger partial charge in [0.05, 0.1) is 5.60 Å². The molecule has 0 saturated carbocycles. The summed E-state index contributed by atoms with van der Waals surface area (Å²) >= 11 is 0. The molecule has 0 saturated heterocycles. The molecule has 1 unspecified atom stereocenters. The number of esters is 1. The SMILES string of the molecule is CC(=O)OCC(O)OC(C)(C)C(C)(C)C. The van der Waals surface area contributed by atoms with Crippen molar-refractivity contribution in [1.29, 1.82) is 0 Å². The van der Waals surface area contributed by atoms with Crippen LogP contribution in [0.1, 0.15) is 41.5 Å². The van der Waals surface area contributed by atoms with Crippen molar-refractivity contribution in [1.82, 2.24) is 0 Å². The second-order valence-corrected chi connectivity index (χ2v) is 5.14. The lowest BCUT2D eigenvalue weighted by Crippen LogP contribution is -2.43. The van der Waals surface area contributed by atoms with Gasteiger partial charge in [-0.1, -0.05) is 20.8 Å². The molecule has 0 rings (SSSR count). The van der Waals surface area contributed by atoms with E-state index in [2.05, 4.69) is 4.74 Å². The quantitative estimate of drug-likeness (QED) is 0.576. The number of hydrogen-bond donors (Lipinski definition) is 1. The van der Waals surface area contributed by atoms with Gasteiger partial charge in [-0.2, -0.15) is 0 Å². The van der Waals surface area contributed by atoms with Crippen molar-refractivity contribution < 1.29 is 19.4 Å². The molecule has 0 aromatic carbocycles. The van der Waals surface area contributed by atoms with E-state index in [1.165, 1.54) is 6.92 Å². The fourth-order valence-corrected chi connectivity index (χ4v) is 0.740. The van der Waals surface area contributed by atoms with Gasteiger partial charge in [-0.15, -0.1) is 0 Å². The summed E-state index contributed by atoms with van der Waals surface area (Å²) in [5.74, 6) is -0.425. The van der Waals surface area contributed by atoms with Crippen LogP contribution in [0.5, 0.6) is 0 Å². The van der Waals surface area contributed by atoms with Crippen LogP contribution >= 0.6 is 0 Å². The number of rotatable bonds is 4. The minimum absolute atomic E-state index is 0.107. The Kier molecular flexibility index (Phi) is 4.74. The number of aliphatic hydroxyl groups excluding tert-OH is 1. The largest absolute Gasteiger partial charge is 0.460 e. The van der Waals surface area contributed by atoms with E-state index in [0.717, 1.165) is 0 Å². The fraction of sp³-hybridized carbons (Fsp3) is 0.909. The van der Waals surface area contributed by atoms with Gasteiger partial charge >= 0.3 is 5.97 Å². The smallest absolute Gasteiger partial charge is 0.302 e. The maximum absolute atomic E-state index is 10.5. The van der Waals surface area contributed by atoms with Gasteiger partial charge in [-0.05, 0) is 19.3 Å². The first kappa shape index (κ1) is 14.4. The van der Waals surface area contributed by atoms with Gasteiger partial charge in [0.1, 0.15) is 6.61 Å². The van der Waals surface area contributed by atoms with Crippen LogP contribution in [0.3, 0.4) is 0 Å². The first-order valence-corrected chi connectivity index (χ1v) is 5.05. The van der Waals surface area contributed by atoms with Gasteiger partial charge in [-0.25, -0.2) is 0 Å². The molecule has 0 radical (unpaired) electrons. The average molecular weight is 218 g/mol. The van der Waals surface area contributed by atoms with Crippen molar-refractivity contribution in [3.63, 3.8) is 0 Å². The van der Waals surface area contributed by atoms with E-state index >= 15 is 0 Å². The Bertz CT molecular complexity index is 215. The molecule has 0 aliphatic heterocycles. The van der Waals surface area contributed by atoms with Crippen LogP contribution in [0.4, 0.5) is 0 Å². The summed E-state index contributed by atoms with van der Waals surface area (Å²) in [5.41, 5.74) is -0.600. The Labute approximate surface area is 91.6 Å². The number of aliphatic hydroxyl groups is 1. The normalized spacial score (nSPS) is 14.9. The van der Waals surface area contributed by atoms with Crippen LogP contribution in [-0.2, 0) is 14.3 Å². The van der Waals surface area contributed by atoms with Gasteiger partial charge in [0.25, 0.3) is 0 Å². The molecule has 0 fully saturated rings. The van der Waals surface area contributed by atoms with Crippen molar-refractivity contribution in [2.45, 2.75) is 53.4 Å². The predicted molar refractivity (Wildman–Crippen MR) is 57.3 cm³/mol. The molecule has 15 heavy (non-hydrogen) atoms. The second kappa shape index (κ2) is 4.94. The molecule has 0 aromatic heterocycles. The highest BCUT2D eigenvalue weighted by molar-refractivity contribution is 5.65. The van der Waals surface area contributed by atoms with Crippen molar-refractivity contribution >= 4 is 5.97 Å². The lowest BCUT2D eigenvalue weighted by Gasteiger charge is -2.39. The Morgan fingerprint density at radius 2 is 1.73 bits per heavy atom. The summed E-state index contributed by atoms with van der Waals surface area (Å²) in [5, 5.41) is 9.50. The molecule has 4 nitrogen and oxygen atoms in total. The maximum atomic E-state index is 10.5. The van der Waals surface area contributed by atoms with Crippen LogP contribution in [0.2, 0.25) is 0 Å². The Morgan fingerprint density at radius 1 is 1.27 bits per heavy atom. The maximum Gasteiger partial charge on any atom is 0.302 e. The van der Waals surface area contributed by atoms with Gasteiger partial charge in [0.2, 0.25) is 0 Å². The molecule has 0 amide bonds. The average Bonchev–Trinajstić information content (AvgIpc) is 1.97. The highest BCUT2D eigenvalue weighted by atomic mass is 16.6. The summed E-state index contributed by atoms with van der Waals surface area (Å²) in [7, 11) is 0. The van der Waals surface area contributed by atoms with E-state index in [0.29, 0.717) is 0 Å². The predicted octanol–water partition coefficient (Wildman–Crippen LogP) is 1.71. The molecule has 0 spiro atoms. The molecule has 0 aliphatic rings. The lowest BCUT2D eigenvalue weighted by molar-refractivity contribution is -0.224. The standard InChI is InChI=1S/C11H22O4/c1-8(12)14-7-9(13)15-11(5,6)10(2,3)4/h9,13H,7H2,1-6H3. The zero-order valence-electron chi connectivity index (χ0n) is 10.5. The molecule has 4 heteroatoms. The highest BCUT2D eigenvalue weighted by Gasteiger charge is 2.35. The third kappa shape index (κ3) is 5.14. The summed E-state index contributed by atoms with van der Waals surface area (Å²) in [6.45, 7) is 11.0. The van der Waals surface area contributed by atoms with E-state index in [1.807, 2.05) is 34.6 Å². The van der Waals surface area contributed by atoms with Gasteiger partial charge < -0.3 is 14.6 Å². The third-order valence-electron chi connectivity index (χ3n) is 2.67. The number of hydrogen-bond acceptors (Lipinski definition) is 4. The number of carbonyl (C=O) groups excluding carboxylic acids is 1. The molecule has 0 aromatic rings. The topological polar surface area (TPSA) is 55.8 Å². The van der Waals surface area contributed by atoms with Crippen LogP contribution in [-0.4, -0.2) is 29.6 Å². The van der Waals surface area contributed by atoms with Crippen molar-refractivity contribution in [2.24, 2.45) is 5.41 Å². The van der Waals surface area contributed by atoms with Gasteiger partial charge in [0, 0.05) is 6.92 Å². The molecular weight excluding hydrogens is 196 g/mol. The van der Waals surface area contributed by atoms with Crippen molar-refractivity contribution in [3.05, 3.63) is 0 Å². The molecule has 0 heterocycles. The summed E-state index contributed by atoms with van der Waals surface area (Å²) < 4.78 is 10.1. The monoisotopic (exact) mass is 218 g/mol. The minimum atomic E-state index is -1.08. The van der Waals surface area contributed by atoms with E-state index in [4.69, 9.17) is 4.74 Å². The summed E-state index contributed by atoms with van der Waals surface area (Å²) in [6.07, 6.45) is -1.08. The molecule has 0 aliphatic carbocycles. The van der Waals surface area contributed by atoms with E-state index in [-0.39, 0.29) is 12.0 Å². The Balaban J connectivity index is 4.16. The molecule has 1 atom stereocenters. The fourth-order valence-electron chi connectivity index (χ4n) is 0.740. The molecule has 90 valence electrons. The molecule has 0 bridgehead atoms. The van der Waals surface area contributed by atoms with E-state index in [1.54, 1.807) is 0 Å². The highest BCUT2D eigenvalue weighted by Crippen LogP contribution is 2.33. The van der Waals surface area contributed by atoms with Crippen LogP contribution in [0.25, 0.3) is 0 Å². The second-order valence-electron chi connectivity index (χ2n) is 5.14. The van der Waals surface area contributed by atoms with Crippen molar-refractivity contribution in [2.75, 3.05) is 6.61 Å². The van der Waals surface area contributed by atoms with Gasteiger partial charge in [0.15, 0.2) is 6.29 Å². The van der Waals surface area contributed by atoms with Crippen molar-refractivity contribution in [3.8, 4) is 0 Å². The summed E-state index contributed by atoms with van der Waals surface area (Å²) in [6, 6.07) is 0. The van der Waals surface area contributed by atoms with Crippen LogP contribution < -0.4 is 0 Å². The number of ether oxygens (including phenoxy) is 2. The first-order chi connectivity index (χ1) is 6.56. The minimum Gasteiger partial charge on any atom is -0.460 e.